The summed E-state index contributed by atoms with van der Waals surface area (Å²) >= 11 is 0. The van der Waals surface area contributed by atoms with E-state index in [1.54, 1.807) is 6.33 Å². The summed E-state index contributed by atoms with van der Waals surface area (Å²) in [4.78, 5) is 18.0. The minimum absolute atomic E-state index is 1.33. The molecule has 12 heavy (non-hydrogen) atoms. The molecule has 1 aromatic heterocycles. The van der Waals surface area contributed by atoms with Crippen LogP contribution in [0.5, 0.6) is 0 Å². The van der Waals surface area contributed by atoms with Crippen molar-refractivity contribution in [3.63, 3.8) is 0 Å². The van der Waals surface area contributed by atoms with Crippen molar-refractivity contribution < 1.29 is 24.5 Å². The summed E-state index contributed by atoms with van der Waals surface area (Å²) in [5.41, 5.74) is 0. The Bertz CT molecular complexity index is 244. The van der Waals surface area contributed by atoms with E-state index in [0.29, 0.717) is 0 Å². The van der Waals surface area contributed by atoms with Gasteiger partial charge >= 0.3 is 5.97 Å². The number of nitrogens with zero attached hydrogens (tertiary/aromatic N) is 2. The van der Waals surface area contributed by atoms with E-state index >= 15 is 0 Å². The molecule has 0 saturated heterocycles. The van der Waals surface area contributed by atoms with E-state index in [1.807, 2.05) is 0 Å². The number of aliphatic carboxylic acids is 2. The number of carbonyl (C=O) groups is 2. The van der Waals surface area contributed by atoms with Crippen molar-refractivity contribution in [2.45, 2.75) is 0 Å². The second-order valence-corrected chi connectivity index (χ2v) is 1.54. The largest absolute Gasteiger partial charge is 0.539 e. The van der Waals surface area contributed by atoms with Gasteiger partial charge < -0.3 is 15.0 Å². The molecule has 0 bridgehead atoms. The predicted molar refractivity (Wildman–Crippen MR) is 31.6 cm³/mol. The molecule has 1 rings (SSSR count). The maximum atomic E-state index is 9.04. The van der Waals surface area contributed by atoms with Crippen LogP contribution in [-0.2, 0) is 9.59 Å². The van der Waals surface area contributed by atoms with E-state index in [9.17, 15) is 0 Å². The molecule has 0 atom stereocenters. The summed E-state index contributed by atoms with van der Waals surface area (Å²) in [6.07, 6.45) is 3.01. The minimum Gasteiger partial charge on any atom is -0.539 e. The number of carbonyl (C=O) groups excluding carboxylic acids is 1. The van der Waals surface area contributed by atoms with Crippen molar-refractivity contribution in [3.05, 3.63) is 12.7 Å². The molecule has 0 aliphatic heterocycles. The summed E-state index contributed by atoms with van der Waals surface area (Å²) in [6.45, 7) is 0. The summed E-state index contributed by atoms with van der Waals surface area (Å²) in [5, 5.41) is 22.4. The molecule has 66 valence electrons. The summed E-state index contributed by atoms with van der Waals surface area (Å²) < 4.78 is 1.33. The molecule has 4 N–H and O–H groups in total. The Morgan fingerprint density at radius 1 is 1.67 bits per heavy atom. The molecule has 8 nitrogen and oxygen atoms in total. The lowest BCUT2D eigenvalue weighted by Gasteiger charge is -1.85. The molecule has 0 amide bonds. The van der Waals surface area contributed by atoms with Crippen molar-refractivity contribution >= 4 is 11.9 Å². The fraction of sp³-hybridized carbons (Fsp3) is 0. The van der Waals surface area contributed by atoms with Crippen LogP contribution in [0.2, 0.25) is 0 Å². The fourth-order valence-corrected chi connectivity index (χ4v) is 0.233. The number of hydrogen-bond donors (Lipinski definition) is 3. The molecule has 1 aromatic rings. The Hall–Kier alpha value is -2.12. The second-order valence-electron chi connectivity index (χ2n) is 1.54. The molecular weight excluding hydrogens is 168 g/mol. The van der Waals surface area contributed by atoms with Crippen molar-refractivity contribution in [1.82, 2.24) is 10.2 Å². The van der Waals surface area contributed by atoms with Crippen molar-refractivity contribution in [3.8, 4) is 0 Å². The Kier molecular flexibility index (Phi) is 3.84. The maximum absolute atomic E-state index is 9.04. The van der Waals surface area contributed by atoms with Crippen LogP contribution in [0.1, 0.15) is 0 Å². The SMILES string of the molecule is N[n+]1cn[nH]c1.O=C([O-])C(=O)O. The van der Waals surface area contributed by atoms with Gasteiger partial charge in [-0.1, -0.05) is 0 Å². The Balaban J connectivity index is 0.000000202. The average molecular weight is 174 g/mol. The first-order valence-electron chi connectivity index (χ1n) is 2.63. The molecule has 0 aliphatic carbocycles. The van der Waals surface area contributed by atoms with Crippen LogP contribution in [-0.4, -0.2) is 27.2 Å². The first kappa shape index (κ1) is 9.88. The van der Waals surface area contributed by atoms with Gasteiger partial charge in [0.05, 0.1) is 0 Å². The number of aromatic amines is 1. The summed E-state index contributed by atoms with van der Waals surface area (Å²) in [6, 6.07) is 0. The number of H-pyrrole nitrogens is 1. The van der Waals surface area contributed by atoms with Crippen LogP contribution in [0.3, 0.4) is 0 Å². The highest BCUT2D eigenvalue weighted by atomic mass is 16.4. The summed E-state index contributed by atoms with van der Waals surface area (Å²) in [7, 11) is 0. The van der Waals surface area contributed by atoms with Crippen LogP contribution in [0.4, 0.5) is 0 Å². The van der Waals surface area contributed by atoms with E-state index in [2.05, 4.69) is 10.2 Å². The van der Waals surface area contributed by atoms with Gasteiger partial charge in [0.15, 0.2) is 5.97 Å². The quantitative estimate of drug-likeness (QED) is 0.210. The van der Waals surface area contributed by atoms with Gasteiger partial charge in [-0.15, -0.1) is 9.77 Å². The number of rotatable bonds is 0. The standard InChI is InChI=1S/C2H4N4.C2H2O4/c3-6-1-4-5-2-6;3-1(4)2(5)6/h1-2H,3H2;(H,3,4)(H,5,6). The Morgan fingerprint density at radius 3 is 2.25 bits per heavy atom. The van der Waals surface area contributed by atoms with E-state index < -0.39 is 11.9 Å². The molecule has 8 heteroatoms. The van der Waals surface area contributed by atoms with Gasteiger partial charge in [0.25, 0.3) is 6.33 Å². The van der Waals surface area contributed by atoms with E-state index in [0.717, 1.165) is 0 Å². The van der Waals surface area contributed by atoms with Crippen LogP contribution in [0.25, 0.3) is 0 Å². The van der Waals surface area contributed by atoms with E-state index in [1.165, 1.54) is 11.0 Å². The van der Waals surface area contributed by atoms with E-state index in [4.69, 9.17) is 25.6 Å². The van der Waals surface area contributed by atoms with Crippen LogP contribution < -0.4 is 15.6 Å². The number of nitrogen functional groups attached to an aromatic ring is 1. The lowest BCUT2D eigenvalue weighted by molar-refractivity contribution is -0.638. The third-order valence-electron chi connectivity index (χ3n) is 0.647. The van der Waals surface area contributed by atoms with Crippen molar-refractivity contribution in [1.29, 1.82) is 0 Å². The fourth-order valence-electron chi connectivity index (χ4n) is 0.233. The number of hydrogen-bond acceptors (Lipinski definition) is 5. The maximum Gasteiger partial charge on any atom is 0.351 e. The number of nitrogens with one attached hydrogen (secondary N) is 1. The zero-order valence-corrected chi connectivity index (χ0v) is 5.80. The van der Waals surface area contributed by atoms with Crippen LogP contribution >= 0.6 is 0 Å². The Labute approximate surface area is 66.2 Å². The monoisotopic (exact) mass is 174 g/mol. The molecular formula is C4H6N4O4. The van der Waals surface area contributed by atoms with Gasteiger partial charge in [-0.3, -0.25) is 5.84 Å². The molecule has 0 fully saturated rings. The summed E-state index contributed by atoms with van der Waals surface area (Å²) in [5.74, 6) is 1.09. The lowest BCUT2D eigenvalue weighted by atomic mass is 10.7. The second kappa shape index (κ2) is 4.66. The normalized spacial score (nSPS) is 8.00. The van der Waals surface area contributed by atoms with E-state index in [-0.39, 0.29) is 0 Å². The highest BCUT2D eigenvalue weighted by Gasteiger charge is 1.90. The third kappa shape index (κ3) is 4.73. The Morgan fingerprint density at radius 2 is 2.17 bits per heavy atom. The zero-order valence-electron chi connectivity index (χ0n) is 5.80. The minimum atomic E-state index is -2.07. The molecule has 1 heterocycles. The van der Waals surface area contributed by atoms with Gasteiger partial charge in [0.2, 0.25) is 6.33 Å². The zero-order chi connectivity index (χ0) is 9.56. The molecule has 0 aliphatic rings. The molecule has 0 spiro atoms. The first-order chi connectivity index (χ1) is 5.54. The van der Waals surface area contributed by atoms with Gasteiger partial charge in [0.1, 0.15) is 0 Å². The van der Waals surface area contributed by atoms with Crippen molar-refractivity contribution in [2.75, 3.05) is 5.84 Å². The average Bonchev–Trinajstić information content (AvgIpc) is 2.40. The first-order valence-corrected chi connectivity index (χ1v) is 2.63. The van der Waals surface area contributed by atoms with Gasteiger partial charge in [-0.05, 0) is 0 Å². The van der Waals surface area contributed by atoms with Gasteiger partial charge in [-0.2, -0.15) is 0 Å². The predicted octanol–water partition coefficient (Wildman–Crippen LogP) is -3.77. The number of aromatic nitrogens is 3. The van der Waals surface area contributed by atoms with Crippen molar-refractivity contribution in [2.24, 2.45) is 0 Å². The van der Waals surface area contributed by atoms with Crippen LogP contribution in [0, 0.1) is 0 Å². The van der Waals surface area contributed by atoms with Crippen LogP contribution in [0.15, 0.2) is 12.7 Å². The number of carboxylic acid groups (broad SMARTS) is 2. The molecule has 0 radical (unpaired) electrons. The third-order valence-corrected chi connectivity index (χ3v) is 0.647. The van der Waals surface area contributed by atoms with Gasteiger partial charge in [-0.25, -0.2) is 4.79 Å². The highest BCUT2D eigenvalue weighted by Crippen LogP contribution is 1.49. The number of nitrogens with two attached hydrogens (primary N) is 1. The molecule has 0 saturated carbocycles. The number of carboxylic acids is 2. The highest BCUT2D eigenvalue weighted by molar-refractivity contribution is 6.26. The molecule has 0 aromatic carbocycles. The molecule has 0 unspecified atom stereocenters. The lowest BCUT2D eigenvalue weighted by Crippen LogP contribution is -2.41. The van der Waals surface area contributed by atoms with Gasteiger partial charge in [0, 0.05) is 5.10 Å². The smallest absolute Gasteiger partial charge is 0.351 e. The topological polar surface area (TPSA) is 136 Å².